The average Bonchev–Trinajstić information content (AvgIpc) is 3.23. The van der Waals surface area contributed by atoms with Crippen LogP contribution in [0, 0.1) is 0 Å². The SMILES string of the molecule is C[n+]1c2ccccc2c(C(=O)O)c2c(-c3ccc(CCC(=O)ON4C(=O)CCC4=O)cc3)cccc21.O=S(=O)([O-])F. The third-order valence-corrected chi connectivity index (χ3v) is 6.48. The third-order valence-electron chi connectivity index (χ3n) is 6.48. The molecule has 0 bridgehead atoms. The summed E-state index contributed by atoms with van der Waals surface area (Å²) in [4.78, 5) is 52.6. The van der Waals surface area contributed by atoms with Crippen LogP contribution in [0.5, 0.6) is 0 Å². The molecule has 2 amide bonds. The summed E-state index contributed by atoms with van der Waals surface area (Å²) in [6.07, 6.45) is 0.485. The fraction of sp³-hybridized carbons (Fsp3) is 0.179. The van der Waals surface area contributed by atoms with Crippen molar-refractivity contribution < 1.29 is 50.5 Å². The number of aromatic nitrogens is 1. The van der Waals surface area contributed by atoms with Crippen molar-refractivity contribution in [2.24, 2.45) is 7.05 Å². The number of carboxylic acid groups (broad SMARTS) is 1. The maximum atomic E-state index is 12.4. The number of aryl methyl sites for hydroxylation is 2. The monoisotopic (exact) mass is 582 g/mol. The Balaban J connectivity index is 0.000000714. The number of carbonyl (C=O) groups excluding carboxylic acids is 3. The Bertz CT molecular complexity index is 1780. The van der Waals surface area contributed by atoms with Crippen LogP contribution >= 0.6 is 0 Å². The van der Waals surface area contributed by atoms with Gasteiger partial charge in [0.1, 0.15) is 7.05 Å². The van der Waals surface area contributed by atoms with E-state index in [-0.39, 0.29) is 24.8 Å². The number of halogens is 1. The largest absolute Gasteiger partial charge is 0.722 e. The predicted molar refractivity (Wildman–Crippen MR) is 141 cm³/mol. The summed E-state index contributed by atoms with van der Waals surface area (Å²) in [6.45, 7) is 0. The van der Waals surface area contributed by atoms with Gasteiger partial charge < -0.3 is 14.5 Å². The van der Waals surface area contributed by atoms with E-state index in [1.807, 2.05) is 78.3 Å². The number of amides is 2. The van der Waals surface area contributed by atoms with E-state index in [1.165, 1.54) is 0 Å². The highest BCUT2D eigenvalue weighted by atomic mass is 32.3. The molecule has 11 nitrogen and oxygen atoms in total. The van der Waals surface area contributed by atoms with Gasteiger partial charge >= 0.3 is 11.9 Å². The quantitative estimate of drug-likeness (QED) is 0.118. The first-order chi connectivity index (χ1) is 19.3. The van der Waals surface area contributed by atoms with E-state index in [4.69, 9.17) is 17.8 Å². The Hall–Kier alpha value is -4.75. The molecule has 212 valence electrons. The second kappa shape index (κ2) is 11.8. The summed E-state index contributed by atoms with van der Waals surface area (Å²) in [5.41, 5.74) is 4.40. The van der Waals surface area contributed by atoms with Crippen LogP contribution in [0.15, 0.2) is 66.7 Å². The minimum Gasteiger partial charge on any atom is -0.722 e. The summed E-state index contributed by atoms with van der Waals surface area (Å²) in [6, 6.07) is 20.7. The topological polar surface area (TPSA) is 162 Å². The molecule has 0 atom stereocenters. The van der Waals surface area contributed by atoms with Gasteiger partial charge in [0.2, 0.25) is 11.0 Å². The van der Waals surface area contributed by atoms with Crippen molar-refractivity contribution in [3.63, 3.8) is 0 Å². The lowest BCUT2D eigenvalue weighted by Crippen LogP contribution is -2.32. The highest BCUT2D eigenvalue weighted by Gasteiger charge is 2.32. The number of fused-ring (bicyclic) bond motifs is 2. The van der Waals surface area contributed by atoms with E-state index < -0.39 is 34.3 Å². The highest BCUT2D eigenvalue weighted by molar-refractivity contribution is 7.80. The van der Waals surface area contributed by atoms with Gasteiger partial charge in [0.05, 0.1) is 22.8 Å². The Morgan fingerprint density at radius 1 is 0.976 bits per heavy atom. The summed E-state index contributed by atoms with van der Waals surface area (Å²) in [7, 11) is -3.49. The minimum absolute atomic E-state index is 0.00958. The molecule has 1 N–H and O–H groups in total. The van der Waals surface area contributed by atoms with Gasteiger partial charge in [-0.3, -0.25) is 9.59 Å². The van der Waals surface area contributed by atoms with Crippen molar-refractivity contribution in [3.8, 4) is 11.1 Å². The van der Waals surface area contributed by atoms with Crippen LogP contribution in [0.4, 0.5) is 3.89 Å². The zero-order chi connectivity index (χ0) is 29.9. The van der Waals surface area contributed by atoms with E-state index >= 15 is 0 Å². The molecule has 41 heavy (non-hydrogen) atoms. The number of para-hydroxylation sites is 1. The molecule has 0 spiro atoms. The van der Waals surface area contributed by atoms with E-state index in [9.17, 15) is 28.2 Å². The molecule has 0 saturated carbocycles. The first kappa shape index (κ1) is 29.2. The van der Waals surface area contributed by atoms with Gasteiger partial charge in [0.25, 0.3) is 22.3 Å². The number of hydrogen-bond acceptors (Lipinski definition) is 8. The smallest absolute Gasteiger partial charge is 0.337 e. The van der Waals surface area contributed by atoms with Crippen molar-refractivity contribution in [2.75, 3.05) is 0 Å². The molecule has 4 aromatic rings. The second-order valence-electron chi connectivity index (χ2n) is 9.09. The van der Waals surface area contributed by atoms with Crippen LogP contribution < -0.4 is 4.57 Å². The molecule has 3 aromatic carbocycles. The van der Waals surface area contributed by atoms with Gasteiger partial charge in [0, 0.05) is 25.0 Å². The molecule has 13 heteroatoms. The lowest BCUT2D eigenvalue weighted by Gasteiger charge is -2.13. The molecule has 1 aliphatic heterocycles. The maximum Gasteiger partial charge on any atom is 0.337 e. The molecule has 0 unspecified atom stereocenters. The first-order valence-corrected chi connectivity index (χ1v) is 13.5. The molecule has 1 fully saturated rings. The summed E-state index contributed by atoms with van der Waals surface area (Å²) in [5, 5.41) is 12.0. The Morgan fingerprint density at radius 3 is 2.17 bits per heavy atom. The summed E-state index contributed by atoms with van der Waals surface area (Å²) < 4.78 is 37.3. The van der Waals surface area contributed by atoms with Crippen LogP contribution in [0.1, 0.15) is 35.2 Å². The number of rotatable bonds is 6. The molecule has 1 aliphatic rings. The van der Waals surface area contributed by atoms with Crippen molar-refractivity contribution in [1.82, 2.24) is 5.06 Å². The van der Waals surface area contributed by atoms with Crippen LogP contribution in [0.3, 0.4) is 0 Å². The number of benzene rings is 3. The molecule has 0 radical (unpaired) electrons. The van der Waals surface area contributed by atoms with Gasteiger partial charge in [-0.05, 0) is 29.2 Å². The minimum atomic E-state index is -5.42. The maximum absolute atomic E-state index is 12.4. The Morgan fingerprint density at radius 2 is 1.56 bits per heavy atom. The molecule has 0 aliphatic carbocycles. The summed E-state index contributed by atoms with van der Waals surface area (Å²) in [5.74, 6) is -2.65. The fourth-order valence-electron chi connectivity index (χ4n) is 4.69. The number of imide groups is 1. The van der Waals surface area contributed by atoms with Gasteiger partial charge in [-0.25, -0.2) is 18.0 Å². The number of pyridine rings is 1. The average molecular weight is 583 g/mol. The molecule has 1 aromatic heterocycles. The first-order valence-electron chi connectivity index (χ1n) is 12.2. The van der Waals surface area contributed by atoms with Gasteiger partial charge in [0.15, 0.2) is 0 Å². The van der Waals surface area contributed by atoms with Crippen molar-refractivity contribution >= 4 is 56.1 Å². The van der Waals surface area contributed by atoms with E-state index in [1.54, 1.807) is 0 Å². The lowest BCUT2D eigenvalue weighted by molar-refractivity contribution is -0.617. The lowest BCUT2D eigenvalue weighted by atomic mass is 9.93. The highest BCUT2D eigenvalue weighted by Crippen LogP contribution is 2.33. The fourth-order valence-corrected chi connectivity index (χ4v) is 4.69. The normalized spacial score (nSPS) is 13.3. The van der Waals surface area contributed by atoms with Crippen LogP contribution in [0.2, 0.25) is 0 Å². The zero-order valence-corrected chi connectivity index (χ0v) is 22.4. The summed E-state index contributed by atoms with van der Waals surface area (Å²) >= 11 is 0. The standard InChI is InChI=1S/C28H22N2O6.FHO3S/c1-29-21-7-3-2-5-20(21)27(28(34)35)26-19(6-4-8-22(26)29)18-12-9-17(10-13-18)11-16-25(33)36-30-23(31)14-15-24(30)32;1-5(2,3)4/h2-10,12-13H,11,14-16H2,1H3;(H,2,3,4). The van der Waals surface area contributed by atoms with Gasteiger partial charge in [-0.15, -0.1) is 8.95 Å². The predicted octanol–water partition coefficient (Wildman–Crippen LogP) is 3.14. The third kappa shape index (κ3) is 6.70. The van der Waals surface area contributed by atoms with E-state index in [0.29, 0.717) is 22.3 Å². The number of carboxylic acids is 1. The van der Waals surface area contributed by atoms with Crippen LogP contribution in [0.25, 0.3) is 32.9 Å². The number of carbonyl (C=O) groups is 4. The molecular formula is C28H23FN2O9S. The number of hydroxylamine groups is 2. The molecule has 1 saturated heterocycles. The Kier molecular flexibility index (Phi) is 8.40. The van der Waals surface area contributed by atoms with Crippen molar-refractivity contribution in [3.05, 3.63) is 77.9 Å². The second-order valence-corrected chi connectivity index (χ2v) is 9.88. The van der Waals surface area contributed by atoms with Crippen molar-refractivity contribution in [2.45, 2.75) is 25.7 Å². The number of nitrogens with zero attached hydrogens (tertiary/aromatic N) is 2. The zero-order valence-electron chi connectivity index (χ0n) is 21.6. The van der Waals surface area contributed by atoms with Crippen LogP contribution in [-0.2, 0) is 43.2 Å². The Labute approximate surface area is 233 Å². The molecular weight excluding hydrogens is 559 g/mol. The number of aromatic carboxylic acids is 1. The van der Waals surface area contributed by atoms with Crippen LogP contribution in [-0.4, -0.2) is 46.9 Å². The van der Waals surface area contributed by atoms with E-state index in [2.05, 4.69) is 0 Å². The van der Waals surface area contributed by atoms with E-state index in [0.717, 1.165) is 27.7 Å². The van der Waals surface area contributed by atoms with Gasteiger partial charge in [-0.2, -0.15) is 4.57 Å². The van der Waals surface area contributed by atoms with Gasteiger partial charge in [-0.1, -0.05) is 48.5 Å². The number of hydrogen-bond donors (Lipinski definition) is 1. The molecule has 2 heterocycles. The van der Waals surface area contributed by atoms with Crippen molar-refractivity contribution in [1.29, 1.82) is 0 Å². The molecule has 5 rings (SSSR count).